The standard InChI is InChI=1S/C10H13N3O4/c1-2-5-12(7-10(14)15)8-3-4-11-6-9(8)13(16)17/h3-4,6H,2,5,7H2,1H3,(H,14,15). The molecular formula is C10H13N3O4. The number of carboxylic acids is 1. The van der Waals surface area contributed by atoms with Gasteiger partial charge in [-0.2, -0.15) is 0 Å². The summed E-state index contributed by atoms with van der Waals surface area (Å²) in [5.41, 5.74) is 0.108. The molecule has 7 nitrogen and oxygen atoms in total. The molecule has 7 heteroatoms. The third-order valence-electron chi connectivity index (χ3n) is 2.13. The molecule has 1 aromatic rings. The molecule has 0 aromatic carbocycles. The van der Waals surface area contributed by atoms with Crippen LogP contribution >= 0.6 is 0 Å². The second-order valence-electron chi connectivity index (χ2n) is 3.44. The molecule has 0 aliphatic rings. The fraction of sp³-hybridized carbons (Fsp3) is 0.400. The van der Waals surface area contributed by atoms with Crippen LogP contribution in [0.3, 0.4) is 0 Å². The molecule has 0 spiro atoms. The molecule has 92 valence electrons. The van der Waals surface area contributed by atoms with E-state index in [0.29, 0.717) is 13.0 Å². The first-order chi connectivity index (χ1) is 8.06. The Bertz CT molecular complexity index is 422. The summed E-state index contributed by atoms with van der Waals surface area (Å²) in [5, 5.41) is 19.6. The highest BCUT2D eigenvalue weighted by atomic mass is 16.6. The smallest absolute Gasteiger partial charge is 0.323 e. The van der Waals surface area contributed by atoms with E-state index in [1.54, 1.807) is 0 Å². The summed E-state index contributed by atoms with van der Waals surface area (Å²) in [5.74, 6) is -1.02. The third-order valence-corrected chi connectivity index (χ3v) is 2.13. The number of aliphatic carboxylic acids is 1. The molecule has 1 aromatic heterocycles. The maximum Gasteiger partial charge on any atom is 0.323 e. The first kappa shape index (κ1) is 12.9. The lowest BCUT2D eigenvalue weighted by Crippen LogP contribution is -2.30. The quantitative estimate of drug-likeness (QED) is 0.593. The van der Waals surface area contributed by atoms with E-state index in [1.807, 2.05) is 6.92 Å². The number of carboxylic acid groups (broad SMARTS) is 1. The molecule has 1 heterocycles. The number of aromatic nitrogens is 1. The number of nitrogens with zero attached hydrogens (tertiary/aromatic N) is 3. The first-order valence-electron chi connectivity index (χ1n) is 5.11. The second-order valence-corrected chi connectivity index (χ2v) is 3.44. The molecule has 0 saturated heterocycles. The normalized spacial score (nSPS) is 9.94. The van der Waals surface area contributed by atoms with Gasteiger partial charge in [0, 0.05) is 12.7 Å². The summed E-state index contributed by atoms with van der Waals surface area (Å²) in [6.07, 6.45) is 3.24. The molecule has 0 bridgehead atoms. The summed E-state index contributed by atoms with van der Waals surface area (Å²) in [6, 6.07) is 1.46. The second kappa shape index (κ2) is 5.78. The van der Waals surface area contributed by atoms with Crippen LogP contribution in [-0.2, 0) is 4.79 Å². The topological polar surface area (TPSA) is 96.6 Å². The van der Waals surface area contributed by atoms with Crippen molar-refractivity contribution in [2.45, 2.75) is 13.3 Å². The van der Waals surface area contributed by atoms with Crippen LogP contribution in [0.15, 0.2) is 18.5 Å². The zero-order valence-corrected chi connectivity index (χ0v) is 9.37. The molecular weight excluding hydrogens is 226 g/mol. The van der Waals surface area contributed by atoms with Gasteiger partial charge in [0.05, 0.1) is 4.92 Å². The van der Waals surface area contributed by atoms with Crippen LogP contribution in [0.2, 0.25) is 0 Å². The average Bonchev–Trinajstić information content (AvgIpc) is 2.28. The zero-order chi connectivity index (χ0) is 12.8. The van der Waals surface area contributed by atoms with E-state index in [-0.39, 0.29) is 17.9 Å². The van der Waals surface area contributed by atoms with Gasteiger partial charge in [-0.25, -0.2) is 0 Å². The van der Waals surface area contributed by atoms with E-state index >= 15 is 0 Å². The minimum absolute atomic E-state index is 0.179. The van der Waals surface area contributed by atoms with Crippen LogP contribution in [0.4, 0.5) is 11.4 Å². The number of carbonyl (C=O) groups is 1. The van der Waals surface area contributed by atoms with Crippen LogP contribution in [0.5, 0.6) is 0 Å². The number of anilines is 1. The molecule has 0 aliphatic heterocycles. The summed E-state index contributed by atoms with van der Waals surface area (Å²) in [7, 11) is 0. The maximum absolute atomic E-state index is 10.8. The molecule has 0 atom stereocenters. The van der Waals surface area contributed by atoms with Gasteiger partial charge in [-0.1, -0.05) is 6.92 Å². The fourth-order valence-corrected chi connectivity index (χ4v) is 1.50. The van der Waals surface area contributed by atoms with Gasteiger partial charge < -0.3 is 10.0 Å². The molecule has 1 N–H and O–H groups in total. The molecule has 1 rings (SSSR count). The summed E-state index contributed by atoms with van der Waals surface area (Å²) >= 11 is 0. The van der Waals surface area contributed by atoms with Gasteiger partial charge in [0.15, 0.2) is 0 Å². The van der Waals surface area contributed by atoms with Crippen LogP contribution in [0.1, 0.15) is 13.3 Å². The van der Waals surface area contributed by atoms with Crippen LogP contribution in [0.25, 0.3) is 0 Å². The van der Waals surface area contributed by atoms with Crippen molar-refractivity contribution in [1.82, 2.24) is 4.98 Å². The zero-order valence-electron chi connectivity index (χ0n) is 9.37. The van der Waals surface area contributed by atoms with E-state index in [9.17, 15) is 14.9 Å². The molecule has 0 unspecified atom stereocenters. The lowest BCUT2D eigenvalue weighted by molar-refractivity contribution is -0.384. The van der Waals surface area contributed by atoms with E-state index in [0.717, 1.165) is 6.20 Å². The van der Waals surface area contributed by atoms with E-state index < -0.39 is 10.9 Å². The Morgan fingerprint density at radius 3 is 2.88 bits per heavy atom. The predicted octanol–water partition coefficient (Wildman–Crippen LogP) is 1.29. The molecule has 0 saturated carbocycles. The van der Waals surface area contributed by atoms with Gasteiger partial charge in [0.25, 0.3) is 0 Å². The van der Waals surface area contributed by atoms with Gasteiger partial charge in [-0.3, -0.25) is 19.9 Å². The fourth-order valence-electron chi connectivity index (χ4n) is 1.50. The van der Waals surface area contributed by atoms with Crippen molar-refractivity contribution in [2.75, 3.05) is 18.0 Å². The van der Waals surface area contributed by atoms with Crippen molar-refractivity contribution >= 4 is 17.3 Å². The van der Waals surface area contributed by atoms with Crippen LogP contribution in [0, 0.1) is 10.1 Å². The maximum atomic E-state index is 10.8. The van der Waals surface area contributed by atoms with Crippen molar-refractivity contribution in [1.29, 1.82) is 0 Å². The van der Waals surface area contributed by atoms with Gasteiger partial charge >= 0.3 is 11.7 Å². The van der Waals surface area contributed by atoms with Gasteiger partial charge in [-0.15, -0.1) is 0 Å². The van der Waals surface area contributed by atoms with Crippen molar-refractivity contribution in [2.24, 2.45) is 0 Å². The first-order valence-corrected chi connectivity index (χ1v) is 5.11. The number of nitro groups is 1. The largest absolute Gasteiger partial charge is 0.480 e. The summed E-state index contributed by atoms with van der Waals surface area (Å²) in [6.45, 7) is 2.05. The highest BCUT2D eigenvalue weighted by molar-refractivity contribution is 5.75. The minimum atomic E-state index is -1.02. The van der Waals surface area contributed by atoms with Crippen molar-refractivity contribution < 1.29 is 14.8 Å². The summed E-state index contributed by atoms with van der Waals surface area (Å²) < 4.78 is 0. The molecule has 0 amide bonds. The lowest BCUT2D eigenvalue weighted by atomic mass is 10.3. The Kier molecular flexibility index (Phi) is 4.38. The molecule has 0 aliphatic carbocycles. The van der Waals surface area contributed by atoms with Gasteiger partial charge in [-0.05, 0) is 12.5 Å². The minimum Gasteiger partial charge on any atom is -0.480 e. The highest BCUT2D eigenvalue weighted by Gasteiger charge is 2.20. The Morgan fingerprint density at radius 1 is 1.65 bits per heavy atom. The van der Waals surface area contributed by atoms with Gasteiger partial charge in [0.2, 0.25) is 0 Å². The van der Waals surface area contributed by atoms with Crippen molar-refractivity contribution in [3.63, 3.8) is 0 Å². The van der Waals surface area contributed by atoms with E-state index in [4.69, 9.17) is 5.11 Å². The monoisotopic (exact) mass is 239 g/mol. The van der Waals surface area contributed by atoms with Gasteiger partial charge in [0.1, 0.15) is 18.4 Å². The predicted molar refractivity (Wildman–Crippen MR) is 61.0 cm³/mol. The van der Waals surface area contributed by atoms with E-state index in [1.165, 1.54) is 17.2 Å². The number of rotatable bonds is 6. The number of hydrogen-bond donors (Lipinski definition) is 1. The van der Waals surface area contributed by atoms with Crippen LogP contribution < -0.4 is 4.90 Å². The highest BCUT2D eigenvalue weighted by Crippen LogP contribution is 2.26. The number of hydrogen-bond acceptors (Lipinski definition) is 5. The lowest BCUT2D eigenvalue weighted by Gasteiger charge is -2.21. The Labute approximate surface area is 97.8 Å². The van der Waals surface area contributed by atoms with Crippen molar-refractivity contribution in [3.8, 4) is 0 Å². The Balaban J connectivity index is 3.08. The number of pyridine rings is 1. The molecule has 0 fully saturated rings. The third kappa shape index (κ3) is 3.40. The van der Waals surface area contributed by atoms with E-state index in [2.05, 4.69) is 4.98 Å². The van der Waals surface area contributed by atoms with Crippen LogP contribution in [-0.4, -0.2) is 34.1 Å². The molecule has 17 heavy (non-hydrogen) atoms. The Hall–Kier alpha value is -2.18. The SMILES string of the molecule is CCCN(CC(=O)O)c1ccncc1[N+](=O)[O-]. The van der Waals surface area contributed by atoms with Crippen molar-refractivity contribution in [3.05, 3.63) is 28.6 Å². The summed E-state index contributed by atoms with van der Waals surface area (Å²) in [4.78, 5) is 26.1. The Morgan fingerprint density at radius 2 is 2.35 bits per heavy atom. The molecule has 0 radical (unpaired) electrons. The average molecular weight is 239 g/mol.